The van der Waals surface area contributed by atoms with E-state index in [0.717, 1.165) is 5.69 Å². The SMILES string of the molecule is Cc1c(N)cccc1S(=O)(=O)Nc1ccccc1N(C)C. The Kier molecular flexibility index (Phi) is 4.09. The Labute approximate surface area is 125 Å². The molecule has 0 aliphatic heterocycles. The molecule has 0 amide bonds. The van der Waals surface area contributed by atoms with Crippen molar-refractivity contribution in [2.24, 2.45) is 0 Å². The lowest BCUT2D eigenvalue weighted by Crippen LogP contribution is -2.18. The summed E-state index contributed by atoms with van der Waals surface area (Å²) >= 11 is 0. The van der Waals surface area contributed by atoms with E-state index >= 15 is 0 Å². The van der Waals surface area contributed by atoms with Crippen molar-refractivity contribution in [2.45, 2.75) is 11.8 Å². The van der Waals surface area contributed by atoms with Crippen LogP contribution >= 0.6 is 0 Å². The highest BCUT2D eigenvalue weighted by Gasteiger charge is 2.19. The largest absolute Gasteiger partial charge is 0.398 e. The smallest absolute Gasteiger partial charge is 0.262 e. The third-order valence-electron chi connectivity index (χ3n) is 3.25. The van der Waals surface area contributed by atoms with Crippen molar-refractivity contribution in [2.75, 3.05) is 29.5 Å². The zero-order valence-corrected chi connectivity index (χ0v) is 13.1. The number of nitrogen functional groups attached to an aromatic ring is 1. The minimum Gasteiger partial charge on any atom is -0.398 e. The monoisotopic (exact) mass is 305 g/mol. The first-order chi connectivity index (χ1) is 9.83. The van der Waals surface area contributed by atoms with Crippen LogP contribution < -0.4 is 15.4 Å². The fraction of sp³-hybridized carbons (Fsp3) is 0.200. The van der Waals surface area contributed by atoms with Crippen LogP contribution in [-0.4, -0.2) is 22.5 Å². The standard InChI is InChI=1S/C15H19N3O2S/c1-11-12(16)7-6-10-15(11)21(19,20)17-13-8-4-5-9-14(13)18(2)3/h4-10,17H,16H2,1-3H3. The fourth-order valence-corrected chi connectivity index (χ4v) is 3.42. The molecule has 0 radical (unpaired) electrons. The first kappa shape index (κ1) is 15.2. The van der Waals surface area contributed by atoms with Crippen LogP contribution in [0.5, 0.6) is 0 Å². The van der Waals surface area contributed by atoms with E-state index in [2.05, 4.69) is 4.72 Å². The molecule has 0 aliphatic carbocycles. The van der Waals surface area contributed by atoms with Gasteiger partial charge < -0.3 is 10.6 Å². The average molecular weight is 305 g/mol. The zero-order chi connectivity index (χ0) is 15.6. The second-order valence-corrected chi connectivity index (χ2v) is 6.64. The Bertz CT molecular complexity index is 755. The number of hydrogen-bond donors (Lipinski definition) is 2. The summed E-state index contributed by atoms with van der Waals surface area (Å²) in [6, 6.07) is 12.1. The summed E-state index contributed by atoms with van der Waals surface area (Å²) in [7, 11) is 0.0408. The second-order valence-electron chi connectivity index (χ2n) is 4.99. The summed E-state index contributed by atoms with van der Waals surface area (Å²) in [4.78, 5) is 2.04. The van der Waals surface area contributed by atoms with Crippen LogP contribution in [0.25, 0.3) is 0 Å². The van der Waals surface area contributed by atoms with E-state index in [9.17, 15) is 8.42 Å². The van der Waals surface area contributed by atoms with E-state index in [1.807, 2.05) is 31.1 Å². The molecule has 0 unspecified atom stereocenters. The molecule has 3 N–H and O–H groups in total. The molecule has 5 nitrogen and oxygen atoms in total. The molecule has 0 saturated heterocycles. The quantitative estimate of drug-likeness (QED) is 0.851. The zero-order valence-electron chi connectivity index (χ0n) is 12.3. The molecule has 2 rings (SSSR count). The molecule has 21 heavy (non-hydrogen) atoms. The van der Waals surface area contributed by atoms with Crippen LogP contribution in [-0.2, 0) is 10.0 Å². The van der Waals surface area contributed by atoms with Gasteiger partial charge in [0.1, 0.15) is 0 Å². The molecule has 0 heterocycles. The van der Waals surface area contributed by atoms with Crippen molar-refractivity contribution in [1.29, 1.82) is 0 Å². The molecular weight excluding hydrogens is 286 g/mol. The van der Waals surface area contributed by atoms with E-state index < -0.39 is 10.0 Å². The molecule has 2 aromatic carbocycles. The van der Waals surface area contributed by atoms with E-state index in [-0.39, 0.29) is 4.90 Å². The number of para-hydroxylation sites is 2. The Hall–Kier alpha value is -2.21. The molecule has 6 heteroatoms. The van der Waals surface area contributed by atoms with Gasteiger partial charge in [0.05, 0.1) is 16.3 Å². The summed E-state index contributed by atoms with van der Waals surface area (Å²) in [5.74, 6) is 0. The van der Waals surface area contributed by atoms with E-state index in [1.165, 1.54) is 0 Å². The second kappa shape index (κ2) is 5.65. The van der Waals surface area contributed by atoms with Gasteiger partial charge in [-0.25, -0.2) is 8.42 Å². The molecule has 0 aliphatic rings. The maximum Gasteiger partial charge on any atom is 0.262 e. The Morgan fingerprint density at radius 1 is 1.05 bits per heavy atom. The van der Waals surface area contributed by atoms with Crippen LogP contribution in [0.1, 0.15) is 5.56 Å². The summed E-state index contributed by atoms with van der Waals surface area (Å²) in [6.07, 6.45) is 0. The number of sulfonamides is 1. The summed E-state index contributed by atoms with van der Waals surface area (Å²) < 4.78 is 27.8. The normalized spacial score (nSPS) is 11.2. The molecule has 0 aromatic heterocycles. The van der Waals surface area contributed by atoms with E-state index in [4.69, 9.17) is 5.73 Å². The van der Waals surface area contributed by atoms with Gasteiger partial charge in [-0.3, -0.25) is 4.72 Å². The van der Waals surface area contributed by atoms with Crippen molar-refractivity contribution < 1.29 is 8.42 Å². The number of hydrogen-bond acceptors (Lipinski definition) is 4. The topological polar surface area (TPSA) is 75.4 Å². The maximum atomic E-state index is 12.6. The molecule has 112 valence electrons. The fourth-order valence-electron chi connectivity index (χ4n) is 2.07. The highest BCUT2D eigenvalue weighted by atomic mass is 32.2. The summed E-state index contributed by atoms with van der Waals surface area (Å²) in [5, 5.41) is 0. The third-order valence-corrected chi connectivity index (χ3v) is 4.76. The molecule has 2 aromatic rings. The highest BCUT2D eigenvalue weighted by Crippen LogP contribution is 2.28. The molecule has 0 saturated carbocycles. The highest BCUT2D eigenvalue weighted by molar-refractivity contribution is 7.92. The van der Waals surface area contributed by atoms with Gasteiger partial charge in [0, 0.05) is 19.8 Å². The molecular formula is C15H19N3O2S. The number of rotatable bonds is 4. The van der Waals surface area contributed by atoms with Gasteiger partial charge in [0.25, 0.3) is 10.0 Å². The van der Waals surface area contributed by atoms with Crippen LogP contribution in [0, 0.1) is 6.92 Å². The van der Waals surface area contributed by atoms with E-state index in [1.54, 1.807) is 37.3 Å². The van der Waals surface area contributed by atoms with Gasteiger partial charge in [-0.1, -0.05) is 18.2 Å². The minimum absolute atomic E-state index is 0.191. The molecule has 0 bridgehead atoms. The Balaban J connectivity index is 2.46. The van der Waals surface area contributed by atoms with Crippen LogP contribution in [0.15, 0.2) is 47.4 Å². The predicted octanol–water partition coefficient (Wildman–Crippen LogP) is 2.44. The average Bonchev–Trinajstić information content (AvgIpc) is 2.41. The van der Waals surface area contributed by atoms with Crippen LogP contribution in [0.2, 0.25) is 0 Å². The predicted molar refractivity (Wildman–Crippen MR) is 87.2 cm³/mol. The van der Waals surface area contributed by atoms with Crippen molar-refractivity contribution in [1.82, 2.24) is 0 Å². The number of anilines is 3. The van der Waals surface area contributed by atoms with Gasteiger partial charge in [-0.15, -0.1) is 0 Å². The van der Waals surface area contributed by atoms with Crippen molar-refractivity contribution in [3.63, 3.8) is 0 Å². The van der Waals surface area contributed by atoms with Crippen LogP contribution in [0.3, 0.4) is 0 Å². The molecule has 0 spiro atoms. The lowest BCUT2D eigenvalue weighted by molar-refractivity contribution is 0.600. The van der Waals surface area contributed by atoms with Crippen molar-refractivity contribution >= 4 is 27.1 Å². The van der Waals surface area contributed by atoms with Crippen molar-refractivity contribution in [3.05, 3.63) is 48.0 Å². The lowest BCUT2D eigenvalue weighted by atomic mass is 10.2. The van der Waals surface area contributed by atoms with Gasteiger partial charge in [0.15, 0.2) is 0 Å². The number of nitrogens with one attached hydrogen (secondary N) is 1. The van der Waals surface area contributed by atoms with Gasteiger partial charge in [-0.2, -0.15) is 0 Å². The lowest BCUT2D eigenvalue weighted by Gasteiger charge is -2.19. The minimum atomic E-state index is -3.68. The molecule has 0 fully saturated rings. The first-order valence-electron chi connectivity index (χ1n) is 6.47. The summed E-state index contributed by atoms with van der Waals surface area (Å²) in [5.41, 5.74) is 8.12. The van der Waals surface area contributed by atoms with Gasteiger partial charge in [-0.05, 0) is 36.8 Å². The Morgan fingerprint density at radius 3 is 2.38 bits per heavy atom. The maximum absolute atomic E-state index is 12.6. The van der Waals surface area contributed by atoms with Gasteiger partial charge >= 0.3 is 0 Å². The number of benzene rings is 2. The summed E-state index contributed by atoms with van der Waals surface area (Å²) in [6.45, 7) is 1.70. The van der Waals surface area contributed by atoms with Crippen molar-refractivity contribution in [3.8, 4) is 0 Å². The van der Waals surface area contributed by atoms with E-state index in [0.29, 0.717) is 16.9 Å². The number of nitrogens with two attached hydrogens (primary N) is 1. The molecule has 0 atom stereocenters. The third kappa shape index (κ3) is 3.11. The Morgan fingerprint density at radius 2 is 1.71 bits per heavy atom. The first-order valence-corrected chi connectivity index (χ1v) is 7.95. The number of nitrogens with zero attached hydrogens (tertiary/aromatic N) is 1. The van der Waals surface area contributed by atoms with Crippen LogP contribution in [0.4, 0.5) is 17.1 Å². The van der Waals surface area contributed by atoms with Gasteiger partial charge in [0.2, 0.25) is 0 Å².